The molecule has 0 saturated heterocycles. The van der Waals surface area contributed by atoms with Crippen molar-refractivity contribution in [3.8, 4) is 16.9 Å². The van der Waals surface area contributed by atoms with Crippen LogP contribution in [0.3, 0.4) is 0 Å². The number of ether oxygens (including phenoxy) is 1. The Bertz CT molecular complexity index is 1070. The fourth-order valence-corrected chi connectivity index (χ4v) is 3.35. The van der Waals surface area contributed by atoms with Gasteiger partial charge < -0.3 is 14.5 Å². The summed E-state index contributed by atoms with van der Waals surface area (Å²) in [5.41, 5.74) is 6.99. The van der Waals surface area contributed by atoms with E-state index in [0.717, 1.165) is 33.2 Å². The van der Waals surface area contributed by atoms with Crippen molar-refractivity contribution in [1.29, 1.82) is 0 Å². The van der Waals surface area contributed by atoms with Crippen molar-refractivity contribution in [3.63, 3.8) is 0 Å². The van der Waals surface area contributed by atoms with E-state index in [1.807, 2.05) is 19.1 Å². The van der Waals surface area contributed by atoms with Gasteiger partial charge in [-0.15, -0.1) is 6.58 Å². The summed E-state index contributed by atoms with van der Waals surface area (Å²) in [5.74, 6) is 0.501. The van der Waals surface area contributed by atoms with E-state index in [1.54, 1.807) is 25.5 Å². The van der Waals surface area contributed by atoms with Crippen LogP contribution in [0.15, 0.2) is 59.7 Å². The van der Waals surface area contributed by atoms with Gasteiger partial charge in [0.15, 0.2) is 0 Å². The van der Waals surface area contributed by atoms with E-state index in [-0.39, 0.29) is 5.91 Å². The van der Waals surface area contributed by atoms with E-state index in [2.05, 4.69) is 43.9 Å². The lowest BCUT2D eigenvalue weighted by atomic mass is 9.96. The number of furan rings is 1. The van der Waals surface area contributed by atoms with Gasteiger partial charge in [0.25, 0.3) is 0 Å². The van der Waals surface area contributed by atoms with Gasteiger partial charge in [-0.1, -0.05) is 29.8 Å². The lowest BCUT2D eigenvalue weighted by Crippen LogP contribution is -2.20. The van der Waals surface area contributed by atoms with Crippen molar-refractivity contribution in [2.75, 3.05) is 13.7 Å². The first-order valence-corrected chi connectivity index (χ1v) is 9.19. The Morgan fingerprint density at radius 3 is 2.68 bits per heavy atom. The Morgan fingerprint density at radius 2 is 2.00 bits per heavy atom. The summed E-state index contributed by atoms with van der Waals surface area (Å²) in [5, 5.41) is 3.75. The molecule has 0 aliphatic carbocycles. The predicted molar refractivity (Wildman–Crippen MR) is 115 cm³/mol. The average molecular weight is 375 g/mol. The lowest BCUT2D eigenvalue weighted by molar-refractivity contribution is -0.116. The summed E-state index contributed by atoms with van der Waals surface area (Å²) in [4.78, 5) is 12.1. The summed E-state index contributed by atoms with van der Waals surface area (Å²) < 4.78 is 11.4. The highest BCUT2D eigenvalue weighted by molar-refractivity contribution is 6.00. The monoisotopic (exact) mass is 375 g/mol. The first kappa shape index (κ1) is 19.5. The molecule has 0 atom stereocenters. The van der Waals surface area contributed by atoms with Crippen molar-refractivity contribution in [2.45, 2.75) is 20.8 Å². The maximum absolute atomic E-state index is 12.1. The molecule has 3 rings (SSSR count). The van der Waals surface area contributed by atoms with Crippen LogP contribution in [0.25, 0.3) is 27.7 Å². The normalized spacial score (nSPS) is 11.5. The first-order valence-electron chi connectivity index (χ1n) is 9.19. The number of fused-ring (bicyclic) bond motifs is 1. The zero-order valence-electron chi connectivity index (χ0n) is 16.8. The third-order valence-corrected chi connectivity index (χ3v) is 4.76. The zero-order valence-corrected chi connectivity index (χ0v) is 16.8. The third-order valence-electron chi connectivity index (χ3n) is 4.76. The van der Waals surface area contributed by atoms with Crippen molar-refractivity contribution < 1.29 is 13.9 Å². The fraction of sp³-hybridized carbons (Fsp3) is 0.208. The Morgan fingerprint density at radius 1 is 1.21 bits per heavy atom. The number of allylic oxidation sites excluding steroid dienone is 1. The summed E-state index contributed by atoms with van der Waals surface area (Å²) in [6, 6.07) is 10.3. The van der Waals surface area contributed by atoms with Gasteiger partial charge in [0.05, 0.1) is 13.4 Å². The van der Waals surface area contributed by atoms with Crippen LogP contribution < -0.4 is 10.1 Å². The molecule has 4 nitrogen and oxygen atoms in total. The van der Waals surface area contributed by atoms with Gasteiger partial charge in [-0.25, -0.2) is 0 Å². The Kier molecular flexibility index (Phi) is 5.69. The van der Waals surface area contributed by atoms with Crippen LogP contribution in [0.4, 0.5) is 0 Å². The zero-order chi connectivity index (χ0) is 20.3. The lowest BCUT2D eigenvalue weighted by Gasteiger charge is -2.11. The highest BCUT2D eigenvalue weighted by atomic mass is 16.5. The molecular formula is C24H25NO3. The third kappa shape index (κ3) is 3.86. The number of benzene rings is 2. The molecular weight excluding hydrogens is 350 g/mol. The molecule has 0 aliphatic rings. The number of methoxy groups -OCH3 is 1. The maximum Gasteiger partial charge on any atom is 0.244 e. The van der Waals surface area contributed by atoms with Gasteiger partial charge in [-0.3, -0.25) is 4.79 Å². The van der Waals surface area contributed by atoms with Crippen molar-refractivity contribution in [1.82, 2.24) is 5.32 Å². The van der Waals surface area contributed by atoms with Gasteiger partial charge in [-0.05, 0) is 43.5 Å². The second-order valence-electron chi connectivity index (χ2n) is 6.88. The van der Waals surface area contributed by atoms with E-state index in [1.165, 1.54) is 11.1 Å². The van der Waals surface area contributed by atoms with Crippen LogP contribution in [0.1, 0.15) is 23.6 Å². The standard InChI is InChI=1S/C24H25NO3/c1-6-9-25-24(26)11-17(4)19-12-20-21(14-28-23(20)13-22(19)27-5)18-8-7-15(2)10-16(18)3/h6-8,10-14H,1,9H2,2-5H3,(H,25,26)/b17-11+. The molecule has 2 aromatic carbocycles. The van der Waals surface area contributed by atoms with E-state index in [9.17, 15) is 4.79 Å². The van der Waals surface area contributed by atoms with Crippen LogP contribution in [0, 0.1) is 13.8 Å². The highest BCUT2D eigenvalue weighted by Gasteiger charge is 2.16. The van der Waals surface area contributed by atoms with Crippen LogP contribution in [-0.2, 0) is 4.79 Å². The van der Waals surface area contributed by atoms with Gasteiger partial charge in [-0.2, -0.15) is 0 Å². The quantitative estimate of drug-likeness (QED) is 0.462. The molecule has 4 heteroatoms. The van der Waals surface area contributed by atoms with Crippen LogP contribution >= 0.6 is 0 Å². The van der Waals surface area contributed by atoms with Crippen molar-refractivity contribution in [2.24, 2.45) is 0 Å². The molecule has 0 fully saturated rings. The molecule has 144 valence electrons. The van der Waals surface area contributed by atoms with Crippen LogP contribution in [0.5, 0.6) is 5.75 Å². The average Bonchev–Trinajstić information content (AvgIpc) is 3.08. The summed E-state index contributed by atoms with van der Waals surface area (Å²) in [6.45, 7) is 10.1. The molecule has 0 bridgehead atoms. The number of carbonyl (C=O) groups is 1. The molecule has 1 heterocycles. The minimum Gasteiger partial charge on any atom is -0.496 e. The minimum atomic E-state index is -0.165. The summed E-state index contributed by atoms with van der Waals surface area (Å²) in [7, 11) is 1.61. The SMILES string of the molecule is C=CCNC(=O)/C=C(\C)c1cc2c(-c3ccc(C)cc3C)coc2cc1OC. The summed E-state index contributed by atoms with van der Waals surface area (Å²) in [6.07, 6.45) is 5.00. The number of aryl methyl sites for hydroxylation is 2. The highest BCUT2D eigenvalue weighted by Crippen LogP contribution is 2.38. The van der Waals surface area contributed by atoms with Crippen LogP contribution in [-0.4, -0.2) is 19.6 Å². The number of nitrogens with one attached hydrogen (secondary N) is 1. The number of carbonyl (C=O) groups excluding carboxylic acids is 1. The number of hydrogen-bond donors (Lipinski definition) is 1. The topological polar surface area (TPSA) is 51.5 Å². The molecule has 0 aliphatic heterocycles. The molecule has 0 saturated carbocycles. The molecule has 28 heavy (non-hydrogen) atoms. The molecule has 0 spiro atoms. The predicted octanol–water partition coefficient (Wildman–Crippen LogP) is 5.43. The minimum absolute atomic E-state index is 0.165. The maximum atomic E-state index is 12.1. The number of rotatable bonds is 6. The molecule has 0 radical (unpaired) electrons. The van der Waals surface area contributed by atoms with Crippen LogP contribution in [0.2, 0.25) is 0 Å². The van der Waals surface area contributed by atoms with Crippen molar-refractivity contribution in [3.05, 3.63) is 72.0 Å². The smallest absolute Gasteiger partial charge is 0.244 e. The second kappa shape index (κ2) is 8.17. The Labute approximate surface area is 165 Å². The first-order chi connectivity index (χ1) is 13.4. The molecule has 0 unspecified atom stereocenters. The molecule has 1 amide bonds. The Balaban J connectivity index is 2.12. The largest absolute Gasteiger partial charge is 0.496 e. The van der Waals surface area contributed by atoms with Gasteiger partial charge in [0.1, 0.15) is 11.3 Å². The molecule has 1 N–H and O–H groups in total. The van der Waals surface area contributed by atoms with Gasteiger partial charge in [0.2, 0.25) is 5.91 Å². The second-order valence-corrected chi connectivity index (χ2v) is 6.88. The Hall–Kier alpha value is -3.27. The number of amides is 1. The summed E-state index contributed by atoms with van der Waals surface area (Å²) >= 11 is 0. The van der Waals surface area contributed by atoms with Crippen molar-refractivity contribution >= 4 is 22.4 Å². The van der Waals surface area contributed by atoms with E-state index in [4.69, 9.17) is 9.15 Å². The van der Waals surface area contributed by atoms with E-state index < -0.39 is 0 Å². The van der Waals surface area contributed by atoms with Gasteiger partial charge in [0, 0.05) is 35.2 Å². The number of hydrogen-bond acceptors (Lipinski definition) is 3. The molecule has 1 aromatic heterocycles. The fourth-order valence-electron chi connectivity index (χ4n) is 3.35. The van der Waals surface area contributed by atoms with Gasteiger partial charge >= 0.3 is 0 Å². The molecule has 3 aromatic rings. The van der Waals surface area contributed by atoms with E-state index in [0.29, 0.717) is 12.3 Å². The van der Waals surface area contributed by atoms with E-state index >= 15 is 0 Å².